The van der Waals surface area contributed by atoms with Crippen LogP contribution in [0.1, 0.15) is 50.0 Å². The summed E-state index contributed by atoms with van der Waals surface area (Å²) in [6, 6.07) is 6.66. The van der Waals surface area contributed by atoms with E-state index in [0.29, 0.717) is 0 Å². The topological polar surface area (TPSA) is 80.4 Å². The lowest BCUT2D eigenvalue weighted by Crippen LogP contribution is -2.16. The molecule has 2 rings (SSSR count). The summed E-state index contributed by atoms with van der Waals surface area (Å²) in [7, 11) is 0. The Balaban J connectivity index is 2.27. The summed E-state index contributed by atoms with van der Waals surface area (Å²) in [5.41, 5.74) is 0.994. The van der Waals surface area contributed by atoms with Crippen LogP contribution in [0.2, 0.25) is 0 Å². The number of hydrogen-bond acceptors (Lipinski definition) is 3. The molecule has 1 aromatic carbocycles. The van der Waals surface area contributed by atoms with Crippen LogP contribution in [0, 0.1) is 16.0 Å². The second-order valence-corrected chi connectivity index (χ2v) is 5.45. The number of rotatable bonds is 4. The number of carbonyl (C=O) groups is 1. The van der Waals surface area contributed by atoms with Gasteiger partial charge in [-0.15, -0.1) is 0 Å². The van der Waals surface area contributed by atoms with Crippen molar-refractivity contribution in [3.05, 3.63) is 39.9 Å². The molecule has 0 amide bonds. The van der Waals surface area contributed by atoms with Crippen molar-refractivity contribution in [3.8, 4) is 0 Å². The predicted octanol–water partition coefficient (Wildman–Crippen LogP) is 3.73. The van der Waals surface area contributed by atoms with E-state index >= 15 is 0 Å². The molecule has 0 aliphatic heterocycles. The first-order chi connectivity index (χ1) is 9.58. The minimum Gasteiger partial charge on any atom is -0.481 e. The van der Waals surface area contributed by atoms with Gasteiger partial charge in [-0.2, -0.15) is 0 Å². The third-order valence-electron chi connectivity index (χ3n) is 4.11. The van der Waals surface area contributed by atoms with Crippen molar-refractivity contribution in [1.29, 1.82) is 0 Å². The fourth-order valence-corrected chi connectivity index (χ4v) is 3.16. The van der Waals surface area contributed by atoms with Crippen molar-refractivity contribution in [2.45, 2.75) is 44.4 Å². The molecule has 1 N–H and O–H groups in total. The first-order valence-corrected chi connectivity index (χ1v) is 7.04. The molecule has 0 radical (unpaired) electrons. The quantitative estimate of drug-likeness (QED) is 0.516. The van der Waals surface area contributed by atoms with E-state index in [0.717, 1.165) is 37.7 Å². The van der Waals surface area contributed by atoms with Crippen molar-refractivity contribution in [2.75, 3.05) is 0 Å². The van der Waals surface area contributed by atoms with Crippen LogP contribution in [0.15, 0.2) is 24.3 Å². The summed E-state index contributed by atoms with van der Waals surface area (Å²) in [5, 5.41) is 19.9. The van der Waals surface area contributed by atoms with Crippen LogP contribution in [0.5, 0.6) is 0 Å². The molecular weight excluding hydrogens is 258 g/mol. The fraction of sp³-hybridized carbons (Fsp3) is 0.533. The Morgan fingerprint density at radius 3 is 2.75 bits per heavy atom. The van der Waals surface area contributed by atoms with Gasteiger partial charge in [0.25, 0.3) is 5.69 Å². The monoisotopic (exact) mass is 277 g/mol. The van der Waals surface area contributed by atoms with Gasteiger partial charge in [-0.25, -0.2) is 0 Å². The second-order valence-electron chi connectivity index (χ2n) is 5.45. The van der Waals surface area contributed by atoms with E-state index in [1.807, 2.05) is 6.07 Å². The van der Waals surface area contributed by atoms with Crippen molar-refractivity contribution in [3.63, 3.8) is 0 Å². The minimum absolute atomic E-state index is 0.0806. The van der Waals surface area contributed by atoms with Crippen LogP contribution in [0.4, 0.5) is 5.69 Å². The summed E-state index contributed by atoms with van der Waals surface area (Å²) >= 11 is 0. The van der Waals surface area contributed by atoms with Crippen LogP contribution in [-0.4, -0.2) is 16.0 Å². The minimum atomic E-state index is -0.785. The largest absolute Gasteiger partial charge is 0.481 e. The number of hydrogen-bond donors (Lipinski definition) is 1. The maximum Gasteiger partial charge on any atom is 0.303 e. The lowest BCUT2D eigenvalue weighted by molar-refractivity contribution is -0.384. The highest BCUT2D eigenvalue weighted by molar-refractivity contribution is 5.67. The van der Waals surface area contributed by atoms with Gasteiger partial charge in [0.1, 0.15) is 0 Å². The molecule has 1 aliphatic rings. The van der Waals surface area contributed by atoms with E-state index in [1.165, 1.54) is 6.07 Å². The van der Waals surface area contributed by atoms with Crippen LogP contribution in [0.3, 0.4) is 0 Å². The number of carboxylic acid groups (broad SMARTS) is 1. The molecule has 1 aliphatic carbocycles. The summed E-state index contributed by atoms with van der Waals surface area (Å²) in [4.78, 5) is 21.5. The van der Waals surface area contributed by atoms with Crippen LogP contribution >= 0.6 is 0 Å². The molecule has 2 atom stereocenters. The van der Waals surface area contributed by atoms with Gasteiger partial charge in [-0.1, -0.05) is 31.4 Å². The maximum atomic E-state index is 11.0. The molecule has 2 unspecified atom stereocenters. The maximum absolute atomic E-state index is 11.0. The number of nitro benzene ring substituents is 1. The summed E-state index contributed by atoms with van der Waals surface area (Å²) in [6.07, 6.45) is 5.17. The van der Waals surface area contributed by atoms with E-state index in [4.69, 9.17) is 5.11 Å². The van der Waals surface area contributed by atoms with Crippen molar-refractivity contribution >= 4 is 11.7 Å². The molecule has 0 aromatic heterocycles. The van der Waals surface area contributed by atoms with Gasteiger partial charge < -0.3 is 5.11 Å². The average Bonchev–Trinajstić information content (AvgIpc) is 2.63. The van der Waals surface area contributed by atoms with Crippen LogP contribution in [0.25, 0.3) is 0 Å². The molecule has 0 bridgehead atoms. The van der Waals surface area contributed by atoms with E-state index < -0.39 is 10.9 Å². The van der Waals surface area contributed by atoms with Crippen LogP contribution < -0.4 is 0 Å². The third-order valence-corrected chi connectivity index (χ3v) is 4.11. The van der Waals surface area contributed by atoms with E-state index in [2.05, 4.69) is 0 Å². The molecule has 0 spiro atoms. The Bertz CT molecular complexity index is 500. The number of benzene rings is 1. The van der Waals surface area contributed by atoms with Crippen LogP contribution in [-0.2, 0) is 4.79 Å². The number of nitro groups is 1. The lowest BCUT2D eigenvalue weighted by atomic mass is 9.80. The Morgan fingerprint density at radius 2 is 2.05 bits per heavy atom. The zero-order chi connectivity index (χ0) is 14.5. The molecule has 0 saturated heterocycles. The molecule has 1 aromatic rings. The number of nitrogens with zero attached hydrogens (tertiary/aromatic N) is 1. The number of non-ortho nitro benzene ring substituents is 1. The highest BCUT2D eigenvalue weighted by atomic mass is 16.6. The van der Waals surface area contributed by atoms with Crippen molar-refractivity contribution in [2.24, 2.45) is 5.92 Å². The number of aliphatic carboxylic acids is 1. The van der Waals surface area contributed by atoms with Gasteiger partial charge in [0.2, 0.25) is 0 Å². The highest BCUT2D eigenvalue weighted by Crippen LogP contribution is 2.39. The van der Waals surface area contributed by atoms with Gasteiger partial charge in [-0.3, -0.25) is 14.9 Å². The molecule has 5 heteroatoms. The second kappa shape index (κ2) is 6.50. The smallest absolute Gasteiger partial charge is 0.303 e. The molecule has 0 heterocycles. The van der Waals surface area contributed by atoms with Gasteiger partial charge in [0, 0.05) is 18.6 Å². The first kappa shape index (κ1) is 14.5. The summed E-state index contributed by atoms with van der Waals surface area (Å²) < 4.78 is 0. The molecular formula is C15H19NO4. The molecule has 20 heavy (non-hydrogen) atoms. The SMILES string of the molecule is O=C(O)CC1CCCCCC1c1cccc([N+](=O)[O-])c1. The average molecular weight is 277 g/mol. The Hall–Kier alpha value is -1.91. The normalized spacial score (nSPS) is 23.0. The standard InChI is InChI=1S/C15H19NO4/c17-15(18)10-12-5-2-1-3-8-14(12)11-6-4-7-13(9-11)16(19)20/h4,6-7,9,12,14H,1-3,5,8,10H2,(H,17,18). The van der Waals surface area contributed by atoms with Crippen molar-refractivity contribution < 1.29 is 14.8 Å². The lowest BCUT2D eigenvalue weighted by Gasteiger charge is -2.24. The highest BCUT2D eigenvalue weighted by Gasteiger charge is 2.27. The number of carboxylic acids is 1. The first-order valence-electron chi connectivity index (χ1n) is 7.04. The van der Waals surface area contributed by atoms with Gasteiger partial charge >= 0.3 is 5.97 Å². The van der Waals surface area contributed by atoms with E-state index in [1.54, 1.807) is 12.1 Å². The summed E-state index contributed by atoms with van der Waals surface area (Å²) in [5.74, 6) is -0.585. The van der Waals surface area contributed by atoms with E-state index in [9.17, 15) is 14.9 Å². The Labute approximate surface area is 117 Å². The molecule has 1 saturated carbocycles. The Kier molecular flexibility index (Phi) is 4.71. The molecule has 1 fully saturated rings. The summed E-state index contributed by atoms with van der Waals surface area (Å²) in [6.45, 7) is 0. The van der Waals surface area contributed by atoms with Gasteiger partial charge in [0.05, 0.1) is 4.92 Å². The predicted molar refractivity (Wildman–Crippen MR) is 74.7 cm³/mol. The Morgan fingerprint density at radius 1 is 1.30 bits per heavy atom. The zero-order valence-electron chi connectivity index (χ0n) is 11.3. The molecule has 5 nitrogen and oxygen atoms in total. The van der Waals surface area contributed by atoms with Gasteiger partial charge in [0.15, 0.2) is 0 Å². The third kappa shape index (κ3) is 3.56. The fourth-order valence-electron chi connectivity index (χ4n) is 3.16. The molecule has 108 valence electrons. The van der Waals surface area contributed by atoms with E-state index in [-0.39, 0.29) is 23.9 Å². The van der Waals surface area contributed by atoms with Gasteiger partial charge in [-0.05, 0) is 30.2 Å². The van der Waals surface area contributed by atoms with Crippen molar-refractivity contribution in [1.82, 2.24) is 0 Å². The zero-order valence-corrected chi connectivity index (χ0v) is 11.3.